The monoisotopic (exact) mass is 424 g/mol. The summed E-state index contributed by atoms with van der Waals surface area (Å²) in [5, 5.41) is 6.55. The highest BCUT2D eigenvalue weighted by Crippen LogP contribution is 2.56. The zero-order valence-electron chi connectivity index (χ0n) is 17.3. The van der Waals surface area contributed by atoms with Crippen molar-refractivity contribution in [2.45, 2.75) is 69.6 Å². The van der Waals surface area contributed by atoms with Crippen LogP contribution in [-0.4, -0.2) is 35.3 Å². The molecule has 4 saturated carbocycles. The van der Waals surface area contributed by atoms with Gasteiger partial charge in [0, 0.05) is 37.1 Å². The average Bonchev–Trinajstić information content (AvgIpc) is 2.68. The van der Waals surface area contributed by atoms with Crippen molar-refractivity contribution < 1.29 is 17.9 Å². The number of anilines is 1. The van der Waals surface area contributed by atoms with Crippen LogP contribution >= 0.6 is 0 Å². The lowest BCUT2D eigenvalue weighted by atomic mass is 9.53. The molecule has 5 nitrogen and oxygen atoms in total. The summed E-state index contributed by atoms with van der Waals surface area (Å²) in [6.07, 6.45) is 5.74. The normalized spacial score (nSPS) is 33.8. The van der Waals surface area contributed by atoms with E-state index in [1.54, 1.807) is 0 Å². The summed E-state index contributed by atoms with van der Waals surface area (Å²) in [4.78, 5) is 8.29. The first-order valence-electron chi connectivity index (χ1n) is 11.4. The lowest BCUT2D eigenvalue weighted by Gasteiger charge is -2.56. The Balaban J connectivity index is 1.28. The molecule has 1 saturated heterocycles. The van der Waals surface area contributed by atoms with Gasteiger partial charge in [0.1, 0.15) is 0 Å². The van der Waals surface area contributed by atoms with Gasteiger partial charge in [-0.25, -0.2) is 9.97 Å². The van der Waals surface area contributed by atoms with Gasteiger partial charge < -0.3 is 15.4 Å². The molecule has 0 unspecified atom stereocenters. The largest absolute Gasteiger partial charge is 0.433 e. The van der Waals surface area contributed by atoms with E-state index in [-0.39, 0.29) is 23.6 Å². The van der Waals surface area contributed by atoms with Crippen LogP contribution in [0.2, 0.25) is 0 Å². The van der Waals surface area contributed by atoms with Gasteiger partial charge in [0.15, 0.2) is 5.69 Å². The molecule has 0 radical (unpaired) electrons. The van der Waals surface area contributed by atoms with Gasteiger partial charge in [0.2, 0.25) is 5.95 Å². The molecule has 2 N–H and O–H groups in total. The van der Waals surface area contributed by atoms with Crippen LogP contribution < -0.4 is 10.6 Å². The molecule has 0 aromatic carbocycles. The van der Waals surface area contributed by atoms with Crippen LogP contribution in [0.25, 0.3) is 0 Å². The first kappa shape index (κ1) is 20.5. The Hall–Kier alpha value is -1.41. The number of nitrogens with one attached hydrogen (secondary N) is 2. The predicted molar refractivity (Wildman–Crippen MR) is 107 cm³/mol. The van der Waals surface area contributed by atoms with E-state index in [0.717, 1.165) is 45.3 Å². The zero-order chi connectivity index (χ0) is 20.8. The Morgan fingerprint density at radius 2 is 1.67 bits per heavy atom. The molecule has 1 aromatic heterocycles. The summed E-state index contributed by atoms with van der Waals surface area (Å²) in [6.45, 7) is 2.28. The quantitative estimate of drug-likeness (QED) is 0.709. The van der Waals surface area contributed by atoms with E-state index in [2.05, 4.69) is 20.6 Å². The van der Waals surface area contributed by atoms with E-state index in [9.17, 15) is 13.2 Å². The second-order valence-corrected chi connectivity index (χ2v) is 10.1. The number of hydrogen-bond donors (Lipinski definition) is 2. The highest BCUT2D eigenvalue weighted by molar-refractivity contribution is 5.35. The maximum absolute atomic E-state index is 13.7. The molecule has 166 valence electrons. The fraction of sp³-hybridized carbons (Fsp3) is 0.818. The molecule has 1 aliphatic heterocycles. The summed E-state index contributed by atoms with van der Waals surface area (Å²) in [7, 11) is 0. The van der Waals surface area contributed by atoms with E-state index < -0.39 is 11.9 Å². The Labute approximate surface area is 175 Å². The lowest BCUT2D eigenvalue weighted by molar-refractivity contribution is -0.141. The highest BCUT2D eigenvalue weighted by Gasteiger charge is 2.51. The van der Waals surface area contributed by atoms with Crippen LogP contribution in [0.4, 0.5) is 19.1 Å². The standard InChI is InChI=1S/C22H31F3N4O/c23-22(24,25)19-18(12-26-11-14-1-3-30-4-2-14)13-27-20(28-19)29-21-8-15-5-16(9-21)7-17(6-15)10-21/h13-17,26H,1-12H2,(H,27,28,29). The predicted octanol–water partition coefficient (Wildman–Crippen LogP) is 4.39. The Morgan fingerprint density at radius 1 is 1.03 bits per heavy atom. The van der Waals surface area contributed by atoms with E-state index in [0.29, 0.717) is 30.2 Å². The van der Waals surface area contributed by atoms with Gasteiger partial charge in [0.25, 0.3) is 0 Å². The number of aromatic nitrogens is 2. The summed E-state index contributed by atoms with van der Waals surface area (Å²) in [6, 6.07) is 0. The summed E-state index contributed by atoms with van der Waals surface area (Å²) in [5.41, 5.74) is -0.810. The zero-order valence-corrected chi connectivity index (χ0v) is 17.3. The molecule has 6 rings (SSSR count). The maximum atomic E-state index is 13.7. The molecule has 4 aliphatic carbocycles. The first-order valence-corrected chi connectivity index (χ1v) is 11.4. The summed E-state index contributed by atoms with van der Waals surface area (Å²) >= 11 is 0. The van der Waals surface area contributed by atoms with Gasteiger partial charge in [-0.05, 0) is 81.6 Å². The number of rotatable bonds is 6. The van der Waals surface area contributed by atoms with Gasteiger partial charge in [-0.3, -0.25) is 0 Å². The minimum atomic E-state index is -4.49. The topological polar surface area (TPSA) is 59.1 Å². The van der Waals surface area contributed by atoms with E-state index in [4.69, 9.17) is 4.74 Å². The molecule has 0 amide bonds. The van der Waals surface area contributed by atoms with Gasteiger partial charge >= 0.3 is 6.18 Å². The lowest BCUT2D eigenvalue weighted by Crippen LogP contribution is -2.55. The van der Waals surface area contributed by atoms with E-state index in [1.807, 2.05) is 0 Å². The second-order valence-electron chi connectivity index (χ2n) is 10.1. The molecule has 0 spiro atoms. The van der Waals surface area contributed by atoms with Gasteiger partial charge in [-0.1, -0.05) is 0 Å². The molecule has 2 heterocycles. The van der Waals surface area contributed by atoms with Crippen LogP contribution in [0.1, 0.15) is 62.6 Å². The molecule has 4 bridgehead atoms. The van der Waals surface area contributed by atoms with Crippen molar-refractivity contribution in [3.63, 3.8) is 0 Å². The fourth-order valence-corrected chi connectivity index (χ4v) is 6.70. The van der Waals surface area contributed by atoms with Crippen molar-refractivity contribution in [3.8, 4) is 0 Å². The maximum Gasteiger partial charge on any atom is 0.433 e. The van der Waals surface area contributed by atoms with Crippen molar-refractivity contribution in [2.24, 2.45) is 23.7 Å². The number of hydrogen-bond acceptors (Lipinski definition) is 5. The minimum Gasteiger partial charge on any atom is -0.381 e. The summed E-state index contributed by atoms with van der Waals surface area (Å²) < 4.78 is 46.6. The summed E-state index contributed by atoms with van der Waals surface area (Å²) in [5.74, 6) is 2.71. The molecule has 5 fully saturated rings. The molecule has 8 heteroatoms. The average molecular weight is 425 g/mol. The van der Waals surface area contributed by atoms with Crippen LogP contribution in [0.15, 0.2) is 6.20 Å². The Bertz CT molecular complexity index is 728. The van der Waals surface area contributed by atoms with Crippen LogP contribution in [0, 0.1) is 23.7 Å². The number of nitrogens with zero attached hydrogens (tertiary/aromatic N) is 2. The van der Waals surface area contributed by atoms with E-state index in [1.165, 1.54) is 25.5 Å². The van der Waals surface area contributed by atoms with Gasteiger partial charge in [0.05, 0.1) is 0 Å². The smallest absolute Gasteiger partial charge is 0.381 e. The van der Waals surface area contributed by atoms with Crippen LogP contribution in [-0.2, 0) is 17.5 Å². The Morgan fingerprint density at radius 3 is 2.27 bits per heavy atom. The van der Waals surface area contributed by atoms with Crippen molar-refractivity contribution in [1.82, 2.24) is 15.3 Å². The van der Waals surface area contributed by atoms with Crippen LogP contribution in [0.3, 0.4) is 0 Å². The number of ether oxygens (including phenoxy) is 1. The van der Waals surface area contributed by atoms with Crippen molar-refractivity contribution in [2.75, 3.05) is 25.1 Å². The molecular formula is C22H31F3N4O. The highest BCUT2D eigenvalue weighted by atomic mass is 19.4. The number of alkyl halides is 3. The molecule has 5 aliphatic rings. The minimum absolute atomic E-state index is 0.111. The molecule has 0 atom stereocenters. The third kappa shape index (κ3) is 4.31. The fourth-order valence-electron chi connectivity index (χ4n) is 6.70. The third-order valence-corrected chi connectivity index (χ3v) is 7.64. The van der Waals surface area contributed by atoms with Crippen LogP contribution in [0.5, 0.6) is 0 Å². The van der Waals surface area contributed by atoms with Crippen molar-refractivity contribution >= 4 is 5.95 Å². The van der Waals surface area contributed by atoms with Crippen molar-refractivity contribution in [3.05, 3.63) is 17.5 Å². The number of halogens is 3. The van der Waals surface area contributed by atoms with E-state index >= 15 is 0 Å². The molecular weight excluding hydrogens is 393 g/mol. The second kappa shape index (κ2) is 7.93. The van der Waals surface area contributed by atoms with Gasteiger partial charge in [-0.15, -0.1) is 0 Å². The molecule has 30 heavy (non-hydrogen) atoms. The van der Waals surface area contributed by atoms with Crippen molar-refractivity contribution in [1.29, 1.82) is 0 Å². The third-order valence-electron chi connectivity index (χ3n) is 7.64. The Kier molecular flexibility index (Phi) is 5.42. The molecule has 1 aromatic rings. The SMILES string of the molecule is FC(F)(F)c1nc(NC23CC4CC(CC(C4)C2)C3)ncc1CNCC1CCOCC1. The van der Waals surface area contributed by atoms with Gasteiger partial charge in [-0.2, -0.15) is 13.2 Å². The first-order chi connectivity index (χ1) is 14.4.